The first-order valence-corrected chi connectivity index (χ1v) is 8.53. The number of nitrogens with zero attached hydrogens (tertiary/aromatic N) is 2. The summed E-state index contributed by atoms with van der Waals surface area (Å²) in [4.78, 5) is 7.55. The Hall–Kier alpha value is -1.76. The number of benzene rings is 1. The second-order valence-corrected chi connectivity index (χ2v) is 5.94. The zero-order chi connectivity index (χ0) is 19.0. The van der Waals surface area contributed by atoms with Gasteiger partial charge in [-0.15, -0.1) is 35.3 Å². The Bertz CT molecular complexity index is 723. The van der Waals surface area contributed by atoms with Gasteiger partial charge >= 0.3 is 6.18 Å². The van der Waals surface area contributed by atoms with E-state index < -0.39 is 11.9 Å². The average molecular weight is 516 g/mol. The van der Waals surface area contributed by atoms with Crippen molar-refractivity contribution in [2.45, 2.75) is 12.7 Å². The van der Waals surface area contributed by atoms with Crippen LogP contribution in [0.15, 0.2) is 34.6 Å². The Labute approximate surface area is 176 Å². The summed E-state index contributed by atoms with van der Waals surface area (Å²) in [7, 11) is 3.16. The minimum atomic E-state index is -4.42. The number of guanidine groups is 1. The van der Waals surface area contributed by atoms with E-state index in [1.165, 1.54) is 0 Å². The van der Waals surface area contributed by atoms with E-state index >= 15 is 0 Å². The molecule has 0 atom stereocenters. The van der Waals surface area contributed by atoms with Crippen molar-refractivity contribution in [2.24, 2.45) is 4.99 Å². The van der Waals surface area contributed by atoms with Crippen molar-refractivity contribution in [3.8, 4) is 11.5 Å². The summed E-state index contributed by atoms with van der Waals surface area (Å²) in [6.45, 7) is 1.01. The van der Waals surface area contributed by atoms with Crippen molar-refractivity contribution in [1.82, 2.24) is 15.6 Å². The molecule has 1 aromatic heterocycles. The van der Waals surface area contributed by atoms with Crippen LogP contribution < -0.4 is 20.1 Å². The van der Waals surface area contributed by atoms with Gasteiger partial charge in [0.2, 0.25) is 0 Å². The fourth-order valence-electron chi connectivity index (χ4n) is 1.91. The van der Waals surface area contributed by atoms with Crippen LogP contribution in [0.2, 0.25) is 0 Å². The lowest BCUT2D eigenvalue weighted by atomic mass is 10.3. The van der Waals surface area contributed by atoms with Gasteiger partial charge in [0.15, 0.2) is 11.7 Å². The van der Waals surface area contributed by atoms with Crippen LogP contribution in [0.4, 0.5) is 13.2 Å². The normalized spacial score (nSPS) is 11.5. The third kappa shape index (κ3) is 7.79. The molecule has 11 heteroatoms. The largest absolute Gasteiger partial charge is 0.497 e. The summed E-state index contributed by atoms with van der Waals surface area (Å²) >= 11 is 0.946. The topological polar surface area (TPSA) is 67.8 Å². The molecule has 0 saturated carbocycles. The van der Waals surface area contributed by atoms with E-state index in [9.17, 15) is 13.2 Å². The molecule has 0 unspecified atom stereocenters. The van der Waals surface area contributed by atoms with E-state index in [0.29, 0.717) is 29.9 Å². The highest BCUT2D eigenvalue weighted by Gasteiger charge is 2.33. The number of nitrogens with one attached hydrogen (secondary N) is 2. The molecule has 0 aliphatic rings. The van der Waals surface area contributed by atoms with Crippen molar-refractivity contribution in [2.75, 3.05) is 27.3 Å². The molecule has 6 nitrogen and oxygen atoms in total. The molecule has 0 bridgehead atoms. The SMILES string of the molecule is CN=C(NCCOc1ccc(OC)cc1)NCc1nc(C(F)(F)F)cs1.I. The zero-order valence-electron chi connectivity index (χ0n) is 14.7. The third-order valence-electron chi connectivity index (χ3n) is 3.20. The molecular formula is C16H20F3IN4O2S. The predicted octanol–water partition coefficient (Wildman–Crippen LogP) is 3.53. The molecule has 2 N–H and O–H groups in total. The smallest absolute Gasteiger partial charge is 0.434 e. The number of halogens is 4. The Morgan fingerprint density at radius 1 is 1.19 bits per heavy atom. The first-order chi connectivity index (χ1) is 12.4. The van der Waals surface area contributed by atoms with Crippen LogP contribution in [-0.2, 0) is 12.7 Å². The number of aromatic nitrogens is 1. The van der Waals surface area contributed by atoms with E-state index in [1.807, 2.05) is 0 Å². The highest BCUT2D eigenvalue weighted by Crippen LogP contribution is 2.29. The first kappa shape index (κ1) is 23.3. The maximum Gasteiger partial charge on any atom is 0.434 e. The second kappa shape index (κ2) is 11.2. The van der Waals surface area contributed by atoms with Crippen LogP contribution in [0, 0.1) is 0 Å². The quantitative estimate of drug-likeness (QED) is 0.255. The van der Waals surface area contributed by atoms with E-state index in [2.05, 4.69) is 20.6 Å². The van der Waals surface area contributed by atoms with E-state index in [4.69, 9.17) is 9.47 Å². The number of ether oxygens (including phenoxy) is 2. The van der Waals surface area contributed by atoms with Crippen LogP contribution in [0.5, 0.6) is 11.5 Å². The predicted molar refractivity (Wildman–Crippen MR) is 109 cm³/mol. The number of rotatable bonds is 7. The molecule has 0 amide bonds. The molecule has 2 rings (SSSR count). The van der Waals surface area contributed by atoms with Crippen molar-refractivity contribution in [3.05, 3.63) is 40.3 Å². The Balaban J connectivity index is 0.00000364. The molecule has 0 radical (unpaired) electrons. The van der Waals surface area contributed by atoms with E-state index in [1.54, 1.807) is 38.4 Å². The number of alkyl halides is 3. The number of hydrogen-bond donors (Lipinski definition) is 2. The van der Waals surface area contributed by atoms with Crippen LogP contribution in [0.25, 0.3) is 0 Å². The second-order valence-electron chi connectivity index (χ2n) is 5.00. The lowest BCUT2D eigenvalue weighted by Crippen LogP contribution is -2.38. The number of methoxy groups -OCH3 is 1. The Kier molecular flexibility index (Phi) is 9.63. The molecule has 1 heterocycles. The number of aliphatic imine (C=N–C) groups is 1. The number of thiazole rings is 1. The molecule has 0 fully saturated rings. The molecule has 1 aromatic carbocycles. The van der Waals surface area contributed by atoms with Crippen LogP contribution in [0.1, 0.15) is 10.7 Å². The van der Waals surface area contributed by atoms with Crippen molar-refractivity contribution in [3.63, 3.8) is 0 Å². The summed E-state index contributed by atoms with van der Waals surface area (Å²) in [5, 5.41) is 7.25. The highest BCUT2D eigenvalue weighted by atomic mass is 127. The van der Waals surface area contributed by atoms with Gasteiger partial charge in [0, 0.05) is 12.4 Å². The lowest BCUT2D eigenvalue weighted by molar-refractivity contribution is -0.140. The zero-order valence-corrected chi connectivity index (χ0v) is 17.8. The van der Waals surface area contributed by atoms with Gasteiger partial charge in [-0.2, -0.15) is 13.2 Å². The van der Waals surface area contributed by atoms with Gasteiger partial charge in [0.25, 0.3) is 0 Å². The van der Waals surface area contributed by atoms with Gasteiger partial charge in [-0.05, 0) is 24.3 Å². The summed E-state index contributed by atoms with van der Waals surface area (Å²) in [6.07, 6.45) is -4.42. The highest BCUT2D eigenvalue weighted by molar-refractivity contribution is 14.0. The maximum atomic E-state index is 12.5. The van der Waals surface area contributed by atoms with Crippen LogP contribution in [-0.4, -0.2) is 38.3 Å². The lowest BCUT2D eigenvalue weighted by Gasteiger charge is -2.12. The summed E-state index contributed by atoms with van der Waals surface area (Å²) in [5.41, 5.74) is -0.880. The van der Waals surface area contributed by atoms with Gasteiger partial charge < -0.3 is 20.1 Å². The van der Waals surface area contributed by atoms with Gasteiger partial charge in [-0.25, -0.2) is 4.98 Å². The van der Waals surface area contributed by atoms with E-state index in [-0.39, 0.29) is 30.5 Å². The molecule has 2 aromatic rings. The maximum absolute atomic E-state index is 12.5. The van der Waals surface area contributed by atoms with Crippen molar-refractivity contribution >= 4 is 41.3 Å². The molecule has 27 heavy (non-hydrogen) atoms. The van der Waals surface area contributed by atoms with Gasteiger partial charge in [-0.1, -0.05) is 0 Å². The van der Waals surface area contributed by atoms with Crippen LogP contribution >= 0.6 is 35.3 Å². The molecule has 150 valence electrons. The third-order valence-corrected chi connectivity index (χ3v) is 4.04. The molecule has 0 saturated heterocycles. The van der Waals surface area contributed by atoms with Crippen molar-refractivity contribution in [1.29, 1.82) is 0 Å². The Morgan fingerprint density at radius 2 is 1.85 bits per heavy atom. The summed E-state index contributed by atoms with van der Waals surface area (Å²) < 4.78 is 48.2. The molecule has 0 aliphatic heterocycles. The molecule has 0 spiro atoms. The van der Waals surface area contributed by atoms with E-state index in [0.717, 1.165) is 22.5 Å². The van der Waals surface area contributed by atoms with Gasteiger partial charge in [-0.3, -0.25) is 4.99 Å². The molecule has 0 aliphatic carbocycles. The standard InChI is InChI=1S/C16H19F3N4O2S.HI/c1-20-15(22-9-14-23-13(10-26-14)16(17,18)19)21-7-8-25-12-5-3-11(24-2)4-6-12;/h3-6,10H,7-9H2,1-2H3,(H2,20,21,22);1H. The first-order valence-electron chi connectivity index (χ1n) is 7.65. The summed E-state index contributed by atoms with van der Waals surface area (Å²) in [5.74, 6) is 1.90. The summed E-state index contributed by atoms with van der Waals surface area (Å²) in [6, 6.07) is 7.19. The van der Waals surface area contributed by atoms with Gasteiger partial charge in [0.05, 0.1) is 20.2 Å². The minimum absolute atomic E-state index is 0. The number of hydrogen-bond acceptors (Lipinski definition) is 5. The monoisotopic (exact) mass is 516 g/mol. The van der Waals surface area contributed by atoms with Crippen LogP contribution in [0.3, 0.4) is 0 Å². The fourth-order valence-corrected chi connectivity index (χ4v) is 2.65. The fraction of sp³-hybridized carbons (Fsp3) is 0.375. The minimum Gasteiger partial charge on any atom is -0.497 e. The average Bonchev–Trinajstić information content (AvgIpc) is 3.11. The van der Waals surface area contributed by atoms with Crippen molar-refractivity contribution < 1.29 is 22.6 Å². The van der Waals surface area contributed by atoms with Gasteiger partial charge in [0.1, 0.15) is 23.1 Å². The Morgan fingerprint density at radius 3 is 2.41 bits per heavy atom. The molecular weight excluding hydrogens is 496 g/mol.